The van der Waals surface area contributed by atoms with Gasteiger partial charge in [0, 0.05) is 13.2 Å². The number of hydrogen-bond donors (Lipinski definition) is 0. The molecule has 1 heterocycles. The molecule has 0 N–H and O–H groups in total. The largest absolute Gasteiger partial charge is 0.501 e. The Morgan fingerprint density at radius 3 is 2.41 bits per heavy atom. The van der Waals surface area contributed by atoms with E-state index in [1.165, 1.54) is 49.1 Å². The van der Waals surface area contributed by atoms with Crippen LogP contribution in [0.1, 0.15) is 58.8 Å². The predicted molar refractivity (Wildman–Crippen MR) is 74.7 cm³/mol. The zero-order valence-electron chi connectivity index (χ0n) is 11.7. The molecule has 17 heavy (non-hydrogen) atoms. The van der Waals surface area contributed by atoms with Gasteiger partial charge in [-0.05, 0) is 19.3 Å². The van der Waals surface area contributed by atoms with E-state index in [2.05, 4.69) is 13.8 Å². The van der Waals surface area contributed by atoms with Gasteiger partial charge in [0.05, 0.1) is 6.10 Å². The van der Waals surface area contributed by atoms with Crippen molar-refractivity contribution >= 4 is 14.5 Å². The van der Waals surface area contributed by atoms with Crippen LogP contribution in [0.3, 0.4) is 0 Å². The number of ether oxygens (including phenoxy) is 1. The standard InChI is InChI=1S/C6H11O2.2C4H9.Al/c7-4-3-6-2-1-5-8-6;2*1-3-4-2;/h6H,1-5H2;2*1,3-4H2,2H3;/q-1;;;+1. The van der Waals surface area contributed by atoms with Crippen molar-refractivity contribution in [1.82, 2.24) is 0 Å². The lowest BCUT2D eigenvalue weighted by atomic mass is 10.2. The van der Waals surface area contributed by atoms with E-state index in [-0.39, 0.29) is 0 Å². The van der Waals surface area contributed by atoms with E-state index in [0.717, 1.165) is 19.6 Å². The molecule has 0 radical (unpaired) electrons. The average Bonchev–Trinajstić information content (AvgIpc) is 2.85. The van der Waals surface area contributed by atoms with Crippen molar-refractivity contribution in [2.24, 2.45) is 0 Å². The maximum atomic E-state index is 6.17. The molecule has 0 aromatic rings. The summed E-state index contributed by atoms with van der Waals surface area (Å²) < 4.78 is 11.8. The van der Waals surface area contributed by atoms with Crippen LogP contribution in [0.2, 0.25) is 10.6 Å². The fourth-order valence-corrected chi connectivity index (χ4v) is 5.23. The summed E-state index contributed by atoms with van der Waals surface area (Å²) in [6, 6.07) is 0. The predicted octanol–water partition coefficient (Wildman–Crippen LogP) is 4.16. The zero-order valence-corrected chi connectivity index (χ0v) is 12.9. The first kappa shape index (κ1) is 15.5. The van der Waals surface area contributed by atoms with Crippen LogP contribution in [0.25, 0.3) is 0 Å². The first-order valence-corrected chi connectivity index (χ1v) is 9.70. The Bertz CT molecular complexity index is 162. The number of hydrogen-bond acceptors (Lipinski definition) is 2. The SMILES string of the molecule is CCC[CH2][Al]([CH2]CCC)[O]CCC1CCCO1. The molecule has 1 aliphatic rings. The third kappa shape index (κ3) is 7.47. The zero-order chi connectivity index (χ0) is 12.3. The summed E-state index contributed by atoms with van der Waals surface area (Å²) in [5, 5.41) is 2.75. The molecule has 0 aliphatic carbocycles. The topological polar surface area (TPSA) is 18.5 Å². The van der Waals surface area contributed by atoms with Crippen LogP contribution in [-0.4, -0.2) is 33.8 Å². The summed E-state index contributed by atoms with van der Waals surface area (Å²) in [7, 11) is 0. The number of rotatable bonds is 10. The lowest BCUT2D eigenvalue weighted by Gasteiger charge is -2.15. The molecular weight excluding hydrogens is 227 g/mol. The van der Waals surface area contributed by atoms with Crippen molar-refractivity contribution < 1.29 is 8.53 Å². The van der Waals surface area contributed by atoms with Crippen LogP contribution >= 0.6 is 0 Å². The van der Waals surface area contributed by atoms with Crippen molar-refractivity contribution in [2.45, 2.75) is 75.5 Å². The second-order valence-electron chi connectivity index (χ2n) is 5.20. The van der Waals surface area contributed by atoms with Gasteiger partial charge in [-0.1, -0.05) is 50.1 Å². The highest BCUT2D eigenvalue weighted by molar-refractivity contribution is 6.51. The summed E-state index contributed by atoms with van der Waals surface area (Å²) in [6.45, 7) is 6.47. The molecular formula is C14H29AlO2. The van der Waals surface area contributed by atoms with Gasteiger partial charge in [-0.25, -0.2) is 0 Å². The molecule has 0 bridgehead atoms. The highest BCUT2D eigenvalue weighted by Crippen LogP contribution is 2.17. The highest BCUT2D eigenvalue weighted by atomic mass is 27.2. The molecule has 0 spiro atoms. The van der Waals surface area contributed by atoms with E-state index < -0.39 is 14.5 Å². The third-order valence-electron chi connectivity index (χ3n) is 3.58. The van der Waals surface area contributed by atoms with Crippen LogP contribution in [0.4, 0.5) is 0 Å². The van der Waals surface area contributed by atoms with Gasteiger partial charge in [0.15, 0.2) is 0 Å². The molecule has 1 fully saturated rings. The summed E-state index contributed by atoms with van der Waals surface area (Å²) in [5.41, 5.74) is 0. The molecule has 0 saturated carbocycles. The fraction of sp³-hybridized carbons (Fsp3) is 1.00. The Morgan fingerprint density at radius 2 is 1.88 bits per heavy atom. The lowest BCUT2D eigenvalue weighted by molar-refractivity contribution is 0.0899. The van der Waals surface area contributed by atoms with E-state index >= 15 is 0 Å². The molecule has 0 amide bonds. The second-order valence-corrected chi connectivity index (χ2v) is 7.93. The van der Waals surface area contributed by atoms with Gasteiger partial charge in [-0.15, -0.1) is 0 Å². The average molecular weight is 256 g/mol. The minimum Gasteiger partial charge on any atom is -0.501 e. The monoisotopic (exact) mass is 256 g/mol. The van der Waals surface area contributed by atoms with E-state index in [4.69, 9.17) is 8.53 Å². The minimum atomic E-state index is -0.885. The van der Waals surface area contributed by atoms with Crippen LogP contribution in [0, 0.1) is 0 Å². The quantitative estimate of drug-likeness (QED) is 0.546. The third-order valence-corrected chi connectivity index (χ3v) is 6.39. The minimum absolute atomic E-state index is 0.502. The van der Waals surface area contributed by atoms with Crippen molar-refractivity contribution in [2.75, 3.05) is 13.2 Å². The van der Waals surface area contributed by atoms with Gasteiger partial charge < -0.3 is 8.53 Å². The van der Waals surface area contributed by atoms with Crippen LogP contribution in [0.15, 0.2) is 0 Å². The lowest BCUT2D eigenvalue weighted by Crippen LogP contribution is -2.20. The van der Waals surface area contributed by atoms with E-state index in [1.54, 1.807) is 0 Å². The first-order valence-electron chi connectivity index (χ1n) is 7.60. The molecule has 1 unspecified atom stereocenters. The fourth-order valence-electron chi connectivity index (χ4n) is 2.41. The van der Waals surface area contributed by atoms with Gasteiger partial charge in [-0.2, -0.15) is 0 Å². The van der Waals surface area contributed by atoms with Gasteiger partial charge in [0.1, 0.15) is 0 Å². The van der Waals surface area contributed by atoms with Gasteiger partial charge in [0.25, 0.3) is 0 Å². The summed E-state index contributed by atoms with van der Waals surface area (Å²) >= 11 is -0.885. The summed E-state index contributed by atoms with van der Waals surface area (Å²) in [4.78, 5) is 0. The molecule has 0 aromatic heterocycles. The summed E-state index contributed by atoms with van der Waals surface area (Å²) in [6.07, 6.45) is 9.47. The van der Waals surface area contributed by atoms with Crippen LogP contribution in [0.5, 0.6) is 0 Å². The smallest absolute Gasteiger partial charge is 0.460 e. The van der Waals surface area contributed by atoms with Crippen LogP contribution in [-0.2, 0) is 8.53 Å². The van der Waals surface area contributed by atoms with E-state index in [1.807, 2.05) is 0 Å². The molecule has 1 atom stereocenters. The molecule has 1 rings (SSSR count). The molecule has 3 heteroatoms. The second kappa shape index (κ2) is 10.4. The van der Waals surface area contributed by atoms with Gasteiger partial charge in [0.2, 0.25) is 0 Å². The maximum absolute atomic E-state index is 6.17. The number of unbranched alkanes of at least 4 members (excludes halogenated alkanes) is 2. The summed E-state index contributed by atoms with van der Waals surface area (Å²) in [5.74, 6) is 0. The molecule has 1 saturated heterocycles. The Hall–Kier alpha value is 0.452. The molecule has 0 aromatic carbocycles. The van der Waals surface area contributed by atoms with E-state index in [9.17, 15) is 0 Å². The first-order chi connectivity index (χ1) is 8.36. The van der Waals surface area contributed by atoms with Crippen molar-refractivity contribution in [1.29, 1.82) is 0 Å². The van der Waals surface area contributed by atoms with Gasteiger partial charge >= 0.3 is 14.5 Å². The van der Waals surface area contributed by atoms with Crippen molar-refractivity contribution in [3.05, 3.63) is 0 Å². The van der Waals surface area contributed by atoms with Crippen molar-refractivity contribution in [3.8, 4) is 0 Å². The Morgan fingerprint density at radius 1 is 1.18 bits per heavy atom. The molecule has 2 nitrogen and oxygen atoms in total. The normalized spacial score (nSPS) is 19.8. The Kier molecular flexibility index (Phi) is 9.47. The Labute approximate surface area is 112 Å². The Balaban J connectivity index is 2.08. The highest BCUT2D eigenvalue weighted by Gasteiger charge is 2.20. The molecule has 1 aliphatic heterocycles. The van der Waals surface area contributed by atoms with E-state index in [0.29, 0.717) is 6.10 Å². The maximum Gasteiger partial charge on any atom is 0.460 e. The molecule has 100 valence electrons. The van der Waals surface area contributed by atoms with Crippen LogP contribution < -0.4 is 0 Å². The van der Waals surface area contributed by atoms with Gasteiger partial charge in [-0.3, -0.25) is 0 Å². The van der Waals surface area contributed by atoms with Crippen molar-refractivity contribution in [3.63, 3.8) is 0 Å².